The maximum atomic E-state index is 12.7. The van der Waals surface area contributed by atoms with Crippen LogP contribution in [-0.4, -0.2) is 14.4 Å². The molecule has 0 saturated heterocycles. The number of thiazole rings is 1. The average molecular weight is 267 g/mol. The predicted molar refractivity (Wildman–Crippen MR) is 76.9 cm³/mol. The highest BCUT2D eigenvalue weighted by Gasteiger charge is 2.10. The van der Waals surface area contributed by atoms with E-state index in [1.54, 1.807) is 9.91 Å². The fourth-order valence-electron chi connectivity index (χ4n) is 2.31. The number of nitrogens with zero attached hydrogens (tertiary/aromatic N) is 3. The van der Waals surface area contributed by atoms with Crippen molar-refractivity contribution >= 4 is 38.1 Å². The van der Waals surface area contributed by atoms with Crippen LogP contribution >= 0.6 is 11.3 Å². The molecule has 5 heteroatoms. The van der Waals surface area contributed by atoms with Crippen LogP contribution in [-0.2, 0) is 0 Å². The first-order valence-electron chi connectivity index (χ1n) is 5.89. The normalized spacial score (nSPS) is 11.6. The fraction of sp³-hybridized carbons (Fsp3) is 0.0714. The number of pyridine rings is 1. The monoisotopic (exact) mass is 267 g/mol. The number of hydrogen-bond donors (Lipinski definition) is 0. The molecule has 0 radical (unpaired) electrons. The Morgan fingerprint density at radius 3 is 2.89 bits per heavy atom. The summed E-state index contributed by atoms with van der Waals surface area (Å²) in [4.78, 5) is 21.5. The van der Waals surface area contributed by atoms with Gasteiger partial charge in [-0.1, -0.05) is 6.07 Å². The summed E-state index contributed by atoms with van der Waals surface area (Å²) in [6.45, 7) is 1.96. The van der Waals surface area contributed by atoms with Crippen LogP contribution in [0.5, 0.6) is 0 Å². The Kier molecular flexibility index (Phi) is 2.02. The van der Waals surface area contributed by atoms with Gasteiger partial charge in [0, 0.05) is 6.20 Å². The molecule has 0 aliphatic rings. The Labute approximate surface area is 112 Å². The molecule has 4 aromatic rings. The summed E-state index contributed by atoms with van der Waals surface area (Å²) >= 11 is 1.48. The highest BCUT2D eigenvalue weighted by Crippen LogP contribution is 2.24. The summed E-state index contributed by atoms with van der Waals surface area (Å²) in [5.41, 5.74) is 5.02. The molecule has 0 saturated carbocycles. The SMILES string of the molecule is Cc1ccc2nc3ccc4ncsc4c3c(=O)n2c1. The van der Waals surface area contributed by atoms with Crippen molar-refractivity contribution in [2.45, 2.75) is 6.92 Å². The van der Waals surface area contributed by atoms with E-state index in [0.29, 0.717) is 11.0 Å². The van der Waals surface area contributed by atoms with E-state index in [0.717, 1.165) is 21.3 Å². The number of benzene rings is 1. The van der Waals surface area contributed by atoms with Crippen LogP contribution in [0.15, 0.2) is 40.8 Å². The highest BCUT2D eigenvalue weighted by atomic mass is 32.1. The zero-order valence-corrected chi connectivity index (χ0v) is 10.9. The van der Waals surface area contributed by atoms with Crippen LogP contribution < -0.4 is 5.56 Å². The van der Waals surface area contributed by atoms with Crippen molar-refractivity contribution in [2.75, 3.05) is 0 Å². The first-order valence-corrected chi connectivity index (χ1v) is 6.77. The third-order valence-electron chi connectivity index (χ3n) is 3.22. The molecule has 0 N–H and O–H groups in total. The van der Waals surface area contributed by atoms with Crippen molar-refractivity contribution in [1.82, 2.24) is 14.4 Å². The van der Waals surface area contributed by atoms with Crippen molar-refractivity contribution in [3.05, 3.63) is 51.9 Å². The van der Waals surface area contributed by atoms with E-state index in [9.17, 15) is 4.79 Å². The molecule has 0 amide bonds. The van der Waals surface area contributed by atoms with Crippen LogP contribution in [0.25, 0.3) is 26.8 Å². The van der Waals surface area contributed by atoms with Crippen LogP contribution in [0.4, 0.5) is 0 Å². The smallest absolute Gasteiger partial charge is 0.267 e. The molecule has 3 heterocycles. The zero-order valence-electron chi connectivity index (χ0n) is 10.1. The van der Waals surface area contributed by atoms with E-state index in [2.05, 4.69) is 9.97 Å². The first-order chi connectivity index (χ1) is 9.24. The number of rotatable bonds is 0. The lowest BCUT2D eigenvalue weighted by Gasteiger charge is -2.04. The molecule has 4 rings (SSSR count). The van der Waals surface area contributed by atoms with E-state index in [1.807, 2.05) is 37.4 Å². The van der Waals surface area contributed by atoms with Crippen LogP contribution in [0.3, 0.4) is 0 Å². The second kappa shape index (κ2) is 3.61. The Morgan fingerprint density at radius 2 is 2.00 bits per heavy atom. The van der Waals surface area contributed by atoms with Crippen LogP contribution in [0, 0.1) is 6.92 Å². The van der Waals surface area contributed by atoms with Gasteiger partial charge in [0.1, 0.15) is 5.65 Å². The van der Waals surface area contributed by atoms with Gasteiger partial charge >= 0.3 is 0 Å². The van der Waals surface area contributed by atoms with Gasteiger partial charge in [0.05, 0.1) is 26.6 Å². The first kappa shape index (κ1) is 10.6. The molecule has 19 heavy (non-hydrogen) atoms. The predicted octanol–water partition coefficient (Wildman–Crippen LogP) is 2.77. The number of aryl methyl sites for hydroxylation is 1. The average Bonchev–Trinajstić information content (AvgIpc) is 2.88. The molecule has 0 atom stereocenters. The van der Waals surface area contributed by atoms with Gasteiger partial charge < -0.3 is 0 Å². The summed E-state index contributed by atoms with van der Waals surface area (Å²) in [5, 5.41) is 0.656. The number of hydrogen-bond acceptors (Lipinski definition) is 4. The van der Waals surface area contributed by atoms with Gasteiger partial charge in [-0.3, -0.25) is 9.20 Å². The molecule has 0 fully saturated rings. The van der Waals surface area contributed by atoms with Crippen molar-refractivity contribution < 1.29 is 0 Å². The summed E-state index contributed by atoms with van der Waals surface area (Å²) in [7, 11) is 0. The van der Waals surface area contributed by atoms with Gasteiger partial charge in [-0.2, -0.15) is 0 Å². The fourth-order valence-corrected chi connectivity index (χ4v) is 3.14. The summed E-state index contributed by atoms with van der Waals surface area (Å²) in [6.07, 6.45) is 1.82. The summed E-state index contributed by atoms with van der Waals surface area (Å²) < 4.78 is 2.52. The van der Waals surface area contributed by atoms with E-state index in [4.69, 9.17) is 0 Å². The molecular formula is C14H9N3OS. The Hall–Kier alpha value is -2.27. The van der Waals surface area contributed by atoms with Crippen molar-refractivity contribution in [3.63, 3.8) is 0 Å². The molecule has 4 nitrogen and oxygen atoms in total. The van der Waals surface area contributed by atoms with Gasteiger partial charge in [-0.15, -0.1) is 11.3 Å². The quantitative estimate of drug-likeness (QED) is 0.460. The Morgan fingerprint density at radius 1 is 1.16 bits per heavy atom. The summed E-state index contributed by atoms with van der Waals surface area (Å²) in [5.74, 6) is 0. The van der Waals surface area contributed by atoms with E-state index < -0.39 is 0 Å². The second-order valence-corrected chi connectivity index (χ2v) is 5.37. The van der Waals surface area contributed by atoms with E-state index in [1.165, 1.54) is 11.3 Å². The number of aromatic nitrogens is 3. The molecule has 0 aliphatic carbocycles. The Balaban J connectivity index is 2.36. The van der Waals surface area contributed by atoms with Gasteiger partial charge in [0.15, 0.2) is 0 Å². The topological polar surface area (TPSA) is 47.3 Å². The van der Waals surface area contributed by atoms with Crippen molar-refractivity contribution in [1.29, 1.82) is 0 Å². The maximum absolute atomic E-state index is 12.7. The maximum Gasteiger partial charge on any atom is 0.267 e. The lowest BCUT2D eigenvalue weighted by atomic mass is 10.2. The zero-order chi connectivity index (χ0) is 13.0. The third kappa shape index (κ3) is 1.42. The van der Waals surface area contributed by atoms with Crippen molar-refractivity contribution in [2.24, 2.45) is 0 Å². The number of fused-ring (bicyclic) bond motifs is 4. The van der Waals surface area contributed by atoms with Crippen LogP contribution in [0.1, 0.15) is 5.56 Å². The molecule has 3 aromatic heterocycles. The second-order valence-electron chi connectivity index (χ2n) is 4.51. The lowest BCUT2D eigenvalue weighted by molar-refractivity contribution is 1.06. The molecule has 0 aliphatic heterocycles. The van der Waals surface area contributed by atoms with Crippen molar-refractivity contribution in [3.8, 4) is 0 Å². The third-order valence-corrected chi connectivity index (χ3v) is 4.08. The van der Waals surface area contributed by atoms with Crippen LogP contribution in [0.2, 0.25) is 0 Å². The van der Waals surface area contributed by atoms with E-state index in [-0.39, 0.29) is 5.56 Å². The molecule has 0 bridgehead atoms. The standard InChI is InChI=1S/C14H9N3OS/c1-8-2-5-11-16-9-3-4-10-13(19-7-15-10)12(9)14(18)17(11)6-8/h2-7H,1H3. The van der Waals surface area contributed by atoms with E-state index >= 15 is 0 Å². The minimum Gasteiger partial charge on any atom is -0.268 e. The van der Waals surface area contributed by atoms with Gasteiger partial charge in [0.25, 0.3) is 5.56 Å². The summed E-state index contributed by atoms with van der Waals surface area (Å²) in [6, 6.07) is 7.59. The minimum absolute atomic E-state index is 0.0291. The molecule has 0 spiro atoms. The highest BCUT2D eigenvalue weighted by molar-refractivity contribution is 7.17. The van der Waals surface area contributed by atoms with Gasteiger partial charge in [-0.25, -0.2) is 9.97 Å². The molecule has 0 unspecified atom stereocenters. The largest absolute Gasteiger partial charge is 0.268 e. The molecular weight excluding hydrogens is 258 g/mol. The molecule has 92 valence electrons. The van der Waals surface area contributed by atoms with Gasteiger partial charge in [-0.05, 0) is 30.7 Å². The van der Waals surface area contributed by atoms with Gasteiger partial charge in [0.2, 0.25) is 0 Å². The Bertz CT molecular complexity index is 1000. The molecule has 1 aromatic carbocycles. The minimum atomic E-state index is -0.0291. The lowest BCUT2D eigenvalue weighted by Crippen LogP contribution is -2.15.